The van der Waals surface area contributed by atoms with Crippen molar-refractivity contribution in [3.63, 3.8) is 0 Å². The Labute approximate surface area is 149 Å². The molecule has 0 spiro atoms. The van der Waals surface area contributed by atoms with Gasteiger partial charge in [-0.1, -0.05) is 22.0 Å². The van der Waals surface area contributed by atoms with Crippen LogP contribution in [0.25, 0.3) is 0 Å². The summed E-state index contributed by atoms with van der Waals surface area (Å²) >= 11 is 3.28. The molecule has 0 atom stereocenters. The zero-order chi connectivity index (χ0) is 17.9. The van der Waals surface area contributed by atoms with E-state index in [9.17, 15) is 13.2 Å². The summed E-state index contributed by atoms with van der Waals surface area (Å²) in [7, 11) is -3.91. The van der Waals surface area contributed by atoms with Crippen LogP contribution in [0.3, 0.4) is 0 Å². The maximum atomic E-state index is 13.0. The lowest BCUT2D eigenvalue weighted by molar-refractivity contribution is -0.119. The SMILES string of the molecule is Cc1cc(C)cc(N(CC(=O)NN)S(=O)(=O)c2ccc(Br)cc2)c1. The summed E-state index contributed by atoms with van der Waals surface area (Å²) in [5, 5.41) is 0. The van der Waals surface area contributed by atoms with E-state index in [1.165, 1.54) is 12.1 Å². The summed E-state index contributed by atoms with van der Waals surface area (Å²) in [4.78, 5) is 11.8. The number of hydrazine groups is 1. The number of halogens is 1. The van der Waals surface area contributed by atoms with Crippen LogP contribution in [-0.2, 0) is 14.8 Å². The number of anilines is 1. The Hall–Kier alpha value is -1.90. The molecule has 8 heteroatoms. The van der Waals surface area contributed by atoms with Crippen molar-refractivity contribution in [2.75, 3.05) is 10.8 Å². The smallest absolute Gasteiger partial charge is 0.264 e. The predicted octanol–water partition coefficient (Wildman–Crippen LogP) is 2.25. The summed E-state index contributed by atoms with van der Waals surface area (Å²) < 4.78 is 27.8. The van der Waals surface area contributed by atoms with Crippen LogP contribution >= 0.6 is 15.9 Å². The fraction of sp³-hybridized carbons (Fsp3) is 0.188. The molecule has 0 aliphatic carbocycles. The first-order valence-corrected chi connectivity index (χ1v) is 9.33. The zero-order valence-electron chi connectivity index (χ0n) is 13.3. The Bertz CT molecular complexity index is 831. The van der Waals surface area contributed by atoms with Gasteiger partial charge in [0.25, 0.3) is 15.9 Å². The molecule has 0 fully saturated rings. The second-order valence-electron chi connectivity index (χ2n) is 5.38. The summed E-state index contributed by atoms with van der Waals surface area (Å²) in [5.74, 6) is 4.53. The molecule has 2 rings (SSSR count). The molecule has 0 saturated carbocycles. The van der Waals surface area contributed by atoms with Gasteiger partial charge in [0, 0.05) is 4.47 Å². The van der Waals surface area contributed by atoms with Gasteiger partial charge in [-0.05, 0) is 61.4 Å². The van der Waals surface area contributed by atoms with Crippen LogP contribution in [0.15, 0.2) is 51.8 Å². The van der Waals surface area contributed by atoms with Gasteiger partial charge in [-0.3, -0.25) is 14.5 Å². The maximum Gasteiger partial charge on any atom is 0.264 e. The van der Waals surface area contributed by atoms with Gasteiger partial charge in [0.2, 0.25) is 0 Å². The van der Waals surface area contributed by atoms with Crippen molar-refractivity contribution in [1.29, 1.82) is 0 Å². The maximum absolute atomic E-state index is 13.0. The van der Waals surface area contributed by atoms with Crippen LogP contribution < -0.4 is 15.6 Å². The molecule has 6 nitrogen and oxygen atoms in total. The van der Waals surface area contributed by atoms with Gasteiger partial charge in [0.1, 0.15) is 6.54 Å². The van der Waals surface area contributed by atoms with Gasteiger partial charge in [0.05, 0.1) is 10.6 Å². The Morgan fingerprint density at radius 1 is 1.12 bits per heavy atom. The third kappa shape index (κ3) is 4.14. The fourth-order valence-electron chi connectivity index (χ4n) is 2.32. The van der Waals surface area contributed by atoms with Crippen LogP contribution in [0.4, 0.5) is 5.69 Å². The van der Waals surface area contributed by atoms with E-state index in [0.717, 1.165) is 19.9 Å². The van der Waals surface area contributed by atoms with E-state index in [1.54, 1.807) is 24.3 Å². The van der Waals surface area contributed by atoms with E-state index < -0.39 is 22.5 Å². The zero-order valence-corrected chi connectivity index (χ0v) is 15.7. The molecule has 3 N–H and O–H groups in total. The van der Waals surface area contributed by atoms with Crippen LogP contribution in [-0.4, -0.2) is 20.9 Å². The van der Waals surface area contributed by atoms with Crippen LogP contribution in [0, 0.1) is 13.8 Å². The van der Waals surface area contributed by atoms with Gasteiger partial charge in [-0.15, -0.1) is 0 Å². The molecule has 0 bridgehead atoms. The first-order chi connectivity index (χ1) is 11.2. The van der Waals surface area contributed by atoms with E-state index >= 15 is 0 Å². The number of aryl methyl sites for hydroxylation is 2. The first kappa shape index (κ1) is 18.4. The van der Waals surface area contributed by atoms with Crippen molar-refractivity contribution in [3.8, 4) is 0 Å². The van der Waals surface area contributed by atoms with Gasteiger partial charge >= 0.3 is 0 Å². The third-order valence-corrected chi connectivity index (χ3v) is 5.66. The van der Waals surface area contributed by atoms with Crippen LogP contribution in [0.2, 0.25) is 0 Å². The number of carbonyl (C=O) groups is 1. The van der Waals surface area contributed by atoms with E-state index in [0.29, 0.717) is 5.69 Å². The van der Waals surface area contributed by atoms with E-state index in [4.69, 9.17) is 5.84 Å². The highest BCUT2D eigenvalue weighted by atomic mass is 79.9. The van der Waals surface area contributed by atoms with Gasteiger partial charge in [-0.2, -0.15) is 0 Å². The molecule has 0 unspecified atom stereocenters. The minimum Gasteiger partial charge on any atom is -0.293 e. The van der Waals surface area contributed by atoms with E-state index in [2.05, 4.69) is 15.9 Å². The quantitative estimate of drug-likeness (QED) is 0.448. The summed E-state index contributed by atoms with van der Waals surface area (Å²) in [6.07, 6.45) is 0. The number of sulfonamides is 1. The van der Waals surface area contributed by atoms with Crippen molar-refractivity contribution in [2.24, 2.45) is 5.84 Å². The minimum atomic E-state index is -3.91. The minimum absolute atomic E-state index is 0.0923. The van der Waals surface area contributed by atoms with Crippen molar-refractivity contribution in [1.82, 2.24) is 5.43 Å². The number of benzene rings is 2. The summed E-state index contributed by atoms with van der Waals surface area (Å²) in [6.45, 7) is 3.33. The molecule has 1 amide bonds. The highest BCUT2D eigenvalue weighted by Gasteiger charge is 2.27. The van der Waals surface area contributed by atoms with Crippen molar-refractivity contribution < 1.29 is 13.2 Å². The summed E-state index contributed by atoms with van der Waals surface area (Å²) in [6, 6.07) is 11.6. The molecule has 0 saturated heterocycles. The van der Waals surface area contributed by atoms with Gasteiger partial charge < -0.3 is 0 Å². The van der Waals surface area contributed by atoms with Crippen LogP contribution in [0.1, 0.15) is 11.1 Å². The van der Waals surface area contributed by atoms with Gasteiger partial charge in [0.15, 0.2) is 0 Å². The van der Waals surface area contributed by atoms with Gasteiger partial charge in [-0.25, -0.2) is 14.3 Å². The average molecular weight is 412 g/mol. The third-order valence-electron chi connectivity index (χ3n) is 3.34. The standard InChI is InChI=1S/C16H18BrN3O3S/c1-11-7-12(2)9-14(8-11)20(10-16(21)19-18)24(22,23)15-5-3-13(17)4-6-15/h3-9H,10,18H2,1-2H3,(H,19,21). The molecule has 2 aromatic carbocycles. The number of carbonyl (C=O) groups excluding carboxylic acids is 1. The number of nitrogens with zero attached hydrogens (tertiary/aromatic N) is 1. The Kier molecular flexibility index (Phi) is 5.63. The summed E-state index contributed by atoms with van der Waals surface area (Å²) in [5.41, 5.74) is 4.19. The number of hydrogen-bond acceptors (Lipinski definition) is 4. The monoisotopic (exact) mass is 411 g/mol. The second kappa shape index (κ2) is 7.33. The highest BCUT2D eigenvalue weighted by molar-refractivity contribution is 9.10. The normalized spacial score (nSPS) is 11.2. The topological polar surface area (TPSA) is 92.5 Å². The molecule has 0 aliphatic rings. The Morgan fingerprint density at radius 2 is 1.67 bits per heavy atom. The Morgan fingerprint density at radius 3 is 2.17 bits per heavy atom. The largest absolute Gasteiger partial charge is 0.293 e. The van der Waals surface area contributed by atoms with Crippen molar-refractivity contribution in [3.05, 3.63) is 58.1 Å². The lowest BCUT2D eigenvalue weighted by atomic mass is 10.1. The molecule has 0 aliphatic heterocycles. The Balaban J connectivity index is 2.56. The van der Waals surface area contributed by atoms with E-state index in [1.807, 2.05) is 25.3 Å². The molecule has 2 aromatic rings. The predicted molar refractivity (Wildman–Crippen MR) is 96.9 cm³/mol. The molecule has 0 aromatic heterocycles. The lowest BCUT2D eigenvalue weighted by Gasteiger charge is -2.24. The number of rotatable bonds is 5. The number of amides is 1. The van der Waals surface area contributed by atoms with Crippen molar-refractivity contribution >= 4 is 37.5 Å². The number of nitrogens with two attached hydrogens (primary N) is 1. The van der Waals surface area contributed by atoms with E-state index in [-0.39, 0.29) is 4.90 Å². The first-order valence-electron chi connectivity index (χ1n) is 7.10. The number of hydrogen-bond donors (Lipinski definition) is 2. The molecule has 0 radical (unpaired) electrons. The molecule has 24 heavy (non-hydrogen) atoms. The molecular formula is C16H18BrN3O3S. The lowest BCUT2D eigenvalue weighted by Crippen LogP contribution is -2.43. The fourth-order valence-corrected chi connectivity index (χ4v) is 3.99. The highest BCUT2D eigenvalue weighted by Crippen LogP contribution is 2.26. The molecule has 128 valence electrons. The van der Waals surface area contributed by atoms with Crippen molar-refractivity contribution in [2.45, 2.75) is 18.7 Å². The number of nitrogens with one attached hydrogen (secondary N) is 1. The second-order valence-corrected chi connectivity index (χ2v) is 8.16. The van der Waals surface area contributed by atoms with Crippen LogP contribution in [0.5, 0.6) is 0 Å². The molecule has 0 heterocycles. The average Bonchev–Trinajstić information content (AvgIpc) is 2.51. The molecular weight excluding hydrogens is 394 g/mol.